The second kappa shape index (κ2) is 3.77. The van der Waals surface area contributed by atoms with Crippen LogP contribution in [0.25, 0.3) is 0 Å². The van der Waals surface area contributed by atoms with Gasteiger partial charge in [0.25, 0.3) is 0 Å². The van der Waals surface area contributed by atoms with Gasteiger partial charge in [0.2, 0.25) is 5.78 Å². The molecule has 4 nitrogen and oxygen atoms in total. The Morgan fingerprint density at radius 3 is 2.62 bits per heavy atom. The fraction of sp³-hybridized carbons (Fsp3) is 0.750. The minimum Gasteiger partial charge on any atom is -0.306 e. The zero-order valence-corrected chi connectivity index (χ0v) is 10.5. The molecule has 2 unspecified atom stereocenters. The number of nitrogens with zero attached hydrogens (tertiary/aromatic N) is 2. The van der Waals surface area contributed by atoms with Crippen LogP contribution in [0.2, 0.25) is 0 Å². The predicted molar refractivity (Wildman–Crippen MR) is 64.4 cm³/mol. The quantitative estimate of drug-likeness (QED) is 0.695. The van der Waals surface area contributed by atoms with Crippen molar-refractivity contribution in [3.63, 3.8) is 0 Å². The Hall–Kier alpha value is -1.03. The van der Waals surface area contributed by atoms with Crippen LogP contribution in [-0.4, -0.2) is 47.1 Å². The Morgan fingerprint density at radius 1 is 1.56 bits per heavy atom. The first kappa shape index (κ1) is 11.5. The number of ketones is 1. The molecule has 0 bridgehead atoms. The third kappa shape index (κ3) is 1.36. The van der Waals surface area contributed by atoms with E-state index < -0.39 is 5.66 Å². The maximum atomic E-state index is 12.1. The number of hydrogen-bond acceptors (Lipinski definition) is 3. The first-order valence-electron chi connectivity index (χ1n) is 5.88. The summed E-state index contributed by atoms with van der Waals surface area (Å²) in [6.07, 6.45) is 2.15. The van der Waals surface area contributed by atoms with Gasteiger partial charge in [-0.3, -0.25) is 4.79 Å². The molecular formula is C12H20N3O+. The number of likely N-dealkylation sites (N-methyl/N-ethyl adjacent to an activating group) is 1. The summed E-state index contributed by atoms with van der Waals surface area (Å²) in [5.41, 5.74) is 1.39. The summed E-state index contributed by atoms with van der Waals surface area (Å²) in [6.45, 7) is 6.64. The second-order valence-electron chi connectivity index (χ2n) is 4.77. The van der Waals surface area contributed by atoms with Crippen LogP contribution >= 0.6 is 0 Å². The van der Waals surface area contributed by atoms with Crippen molar-refractivity contribution in [1.29, 1.82) is 0 Å². The smallest absolute Gasteiger partial charge is 0.306 e. The molecule has 0 saturated carbocycles. The van der Waals surface area contributed by atoms with Gasteiger partial charge in [-0.25, -0.2) is 9.57 Å². The number of nitrogens with one attached hydrogen (secondary N) is 1. The van der Waals surface area contributed by atoms with E-state index in [-0.39, 0.29) is 11.8 Å². The Bertz CT molecular complexity index is 391. The maximum Gasteiger partial charge on any atom is 0.330 e. The molecule has 88 valence electrons. The number of carbonyl (C=O) groups excluding carboxylic acids is 1. The Balaban J connectivity index is 2.50. The van der Waals surface area contributed by atoms with E-state index in [1.165, 1.54) is 0 Å². The minimum absolute atomic E-state index is 0.130. The van der Waals surface area contributed by atoms with E-state index in [4.69, 9.17) is 0 Å². The lowest BCUT2D eigenvalue weighted by molar-refractivity contribution is -0.564. The summed E-state index contributed by atoms with van der Waals surface area (Å²) in [5, 5.41) is 3.41. The molecule has 0 spiro atoms. The average molecular weight is 222 g/mol. The maximum absolute atomic E-state index is 12.1. The molecule has 2 atom stereocenters. The lowest BCUT2D eigenvalue weighted by atomic mass is 9.95. The fourth-order valence-electron chi connectivity index (χ4n) is 2.81. The average Bonchev–Trinajstić information content (AvgIpc) is 2.82. The summed E-state index contributed by atoms with van der Waals surface area (Å²) in [5.74, 6) is 0.130. The van der Waals surface area contributed by atoms with Gasteiger partial charge in [0.15, 0.2) is 5.71 Å². The molecule has 1 N–H and O–H groups in total. The van der Waals surface area contributed by atoms with Crippen LogP contribution in [0.3, 0.4) is 0 Å². The largest absolute Gasteiger partial charge is 0.330 e. The van der Waals surface area contributed by atoms with Gasteiger partial charge in [-0.2, -0.15) is 0 Å². The third-order valence-electron chi connectivity index (χ3n) is 3.94. The van der Waals surface area contributed by atoms with Crippen LogP contribution < -0.4 is 5.32 Å². The van der Waals surface area contributed by atoms with Gasteiger partial charge in [0.05, 0.1) is 0 Å². The van der Waals surface area contributed by atoms with Crippen molar-refractivity contribution in [3.8, 4) is 0 Å². The molecule has 2 aliphatic rings. The number of carbonyl (C=O) groups is 1. The molecule has 2 aliphatic heterocycles. The lowest BCUT2D eigenvalue weighted by Crippen LogP contribution is -2.57. The van der Waals surface area contributed by atoms with E-state index in [1.54, 1.807) is 6.92 Å². The minimum atomic E-state index is -0.690. The molecule has 0 aliphatic carbocycles. The highest BCUT2D eigenvalue weighted by Crippen LogP contribution is 2.29. The number of aliphatic imine (C=N–C) groups is 1. The van der Waals surface area contributed by atoms with E-state index in [0.29, 0.717) is 0 Å². The van der Waals surface area contributed by atoms with E-state index in [0.717, 1.165) is 30.8 Å². The molecule has 2 heterocycles. The summed E-state index contributed by atoms with van der Waals surface area (Å²) in [7, 11) is 1.97. The molecule has 2 rings (SSSR count). The van der Waals surface area contributed by atoms with Crippen LogP contribution in [0.5, 0.6) is 0 Å². The molecule has 0 aromatic heterocycles. The summed E-state index contributed by atoms with van der Waals surface area (Å²) in [4.78, 5) is 16.7. The molecule has 0 amide bonds. The molecule has 0 aromatic rings. The summed E-state index contributed by atoms with van der Waals surface area (Å²) in [6, 6.07) is 0.155. The highest BCUT2D eigenvalue weighted by molar-refractivity contribution is 6.40. The monoisotopic (exact) mass is 222 g/mol. The first-order chi connectivity index (χ1) is 7.50. The Labute approximate surface area is 96.5 Å². The SMILES string of the molecule is CC(=O)C1(C2CCCN2)N=C(C)C(C)=[N+]1C. The van der Waals surface area contributed by atoms with Crippen LogP contribution in [0.15, 0.2) is 4.99 Å². The van der Waals surface area contributed by atoms with E-state index in [2.05, 4.69) is 10.3 Å². The van der Waals surface area contributed by atoms with Crippen molar-refractivity contribution in [2.75, 3.05) is 13.6 Å². The summed E-state index contributed by atoms with van der Waals surface area (Å²) < 4.78 is 2.04. The zero-order chi connectivity index (χ0) is 11.9. The molecule has 4 heteroatoms. The Morgan fingerprint density at radius 2 is 2.25 bits per heavy atom. The van der Waals surface area contributed by atoms with Crippen molar-refractivity contribution in [3.05, 3.63) is 0 Å². The van der Waals surface area contributed by atoms with Crippen LogP contribution in [0.4, 0.5) is 0 Å². The zero-order valence-electron chi connectivity index (χ0n) is 10.5. The van der Waals surface area contributed by atoms with Crippen molar-refractivity contribution >= 4 is 17.2 Å². The third-order valence-corrected chi connectivity index (χ3v) is 3.94. The molecule has 0 aromatic carbocycles. The number of hydrogen-bond donors (Lipinski definition) is 1. The van der Waals surface area contributed by atoms with Gasteiger partial charge in [-0.05, 0) is 26.3 Å². The van der Waals surface area contributed by atoms with Crippen molar-refractivity contribution in [1.82, 2.24) is 5.32 Å². The van der Waals surface area contributed by atoms with Crippen LogP contribution in [0.1, 0.15) is 33.6 Å². The number of Topliss-reactive ketones (excluding diaryl/α,β-unsaturated/α-hetero) is 1. The first-order valence-corrected chi connectivity index (χ1v) is 5.88. The molecular weight excluding hydrogens is 202 g/mol. The van der Waals surface area contributed by atoms with Gasteiger partial charge in [-0.1, -0.05) is 0 Å². The molecule has 16 heavy (non-hydrogen) atoms. The summed E-state index contributed by atoms with van der Waals surface area (Å²) >= 11 is 0. The number of rotatable bonds is 2. The molecule has 1 fully saturated rings. The Kier molecular flexibility index (Phi) is 2.70. The second-order valence-corrected chi connectivity index (χ2v) is 4.77. The highest BCUT2D eigenvalue weighted by atomic mass is 16.1. The van der Waals surface area contributed by atoms with Crippen LogP contribution in [-0.2, 0) is 4.79 Å². The van der Waals surface area contributed by atoms with Gasteiger partial charge < -0.3 is 5.32 Å². The highest BCUT2D eigenvalue weighted by Gasteiger charge is 2.56. The van der Waals surface area contributed by atoms with Crippen molar-refractivity contribution in [2.45, 2.75) is 45.3 Å². The predicted octanol–water partition coefficient (Wildman–Crippen LogP) is 0.601. The topological polar surface area (TPSA) is 44.5 Å². The molecule has 0 radical (unpaired) electrons. The van der Waals surface area contributed by atoms with Gasteiger partial charge in [0.1, 0.15) is 18.8 Å². The van der Waals surface area contributed by atoms with Crippen LogP contribution in [0, 0.1) is 0 Å². The standard InChI is InChI=1S/C12H20N3O/c1-8-9(2)15(4)12(14-8,10(3)16)11-6-5-7-13-11/h11,13H,5-7H2,1-4H3/q+1. The fourth-order valence-corrected chi connectivity index (χ4v) is 2.81. The van der Waals surface area contributed by atoms with Gasteiger partial charge >= 0.3 is 5.66 Å². The van der Waals surface area contributed by atoms with E-state index >= 15 is 0 Å². The van der Waals surface area contributed by atoms with E-state index in [1.807, 2.05) is 25.5 Å². The van der Waals surface area contributed by atoms with Gasteiger partial charge in [-0.15, -0.1) is 0 Å². The van der Waals surface area contributed by atoms with E-state index in [9.17, 15) is 4.79 Å². The molecule has 1 saturated heterocycles. The lowest BCUT2D eigenvalue weighted by Gasteiger charge is -2.26. The normalized spacial score (nSPS) is 34.5. The van der Waals surface area contributed by atoms with Crippen molar-refractivity contribution in [2.24, 2.45) is 4.99 Å². The van der Waals surface area contributed by atoms with Gasteiger partial charge in [0, 0.05) is 13.8 Å². The van der Waals surface area contributed by atoms with Crippen molar-refractivity contribution < 1.29 is 9.37 Å².